The third-order valence-electron chi connectivity index (χ3n) is 10.0. The summed E-state index contributed by atoms with van der Waals surface area (Å²) >= 11 is 2.94. The minimum atomic E-state index is -0.980. The first-order chi connectivity index (χ1) is 29.2. The fourth-order valence-electron chi connectivity index (χ4n) is 6.77. The first kappa shape index (κ1) is 45.3. The van der Waals surface area contributed by atoms with E-state index in [-0.39, 0.29) is 50.4 Å². The van der Waals surface area contributed by atoms with E-state index in [1.165, 1.54) is 28.9 Å². The van der Waals surface area contributed by atoms with Crippen LogP contribution in [0.3, 0.4) is 0 Å². The number of likely N-dealkylation sites (tertiary alicyclic amines) is 1. The molecule has 2 aliphatic rings. The van der Waals surface area contributed by atoms with Crippen LogP contribution in [0, 0.1) is 22.5 Å². The lowest BCUT2D eigenvalue weighted by Gasteiger charge is -2.35. The van der Waals surface area contributed by atoms with E-state index in [0.29, 0.717) is 42.9 Å². The van der Waals surface area contributed by atoms with Crippen LogP contribution in [0.5, 0.6) is 5.75 Å². The van der Waals surface area contributed by atoms with Crippen LogP contribution in [0.15, 0.2) is 70.0 Å². The number of aryl methyl sites for hydroxylation is 1. The molecule has 61 heavy (non-hydrogen) atoms. The van der Waals surface area contributed by atoms with Gasteiger partial charge in [0.1, 0.15) is 43.1 Å². The summed E-state index contributed by atoms with van der Waals surface area (Å²) in [5.41, 5.74) is 4.74. The van der Waals surface area contributed by atoms with Crippen molar-refractivity contribution in [3.8, 4) is 16.2 Å². The molecule has 2 aromatic carbocycles. The highest BCUT2D eigenvalue weighted by atomic mass is 32.2. The minimum Gasteiger partial charge on any atom is -0.491 e. The van der Waals surface area contributed by atoms with Gasteiger partial charge in [0.25, 0.3) is 5.69 Å². The summed E-state index contributed by atoms with van der Waals surface area (Å²) in [4.78, 5) is 63.6. The molecule has 0 unspecified atom stereocenters. The van der Waals surface area contributed by atoms with E-state index in [2.05, 4.69) is 25.9 Å². The zero-order valence-electron chi connectivity index (χ0n) is 34.7. The number of hydrogen-bond acceptors (Lipinski definition) is 15. The maximum atomic E-state index is 14.0. The Bertz CT molecular complexity index is 2180. The van der Waals surface area contributed by atoms with Gasteiger partial charge in [0, 0.05) is 23.9 Å². The van der Waals surface area contributed by atoms with Crippen molar-refractivity contribution >= 4 is 58.0 Å². The molecule has 1 saturated heterocycles. The lowest BCUT2D eigenvalue weighted by atomic mass is 9.85. The first-order valence-corrected chi connectivity index (χ1v) is 21.6. The predicted octanol–water partition coefficient (Wildman–Crippen LogP) is 5.43. The molecule has 1 fully saturated rings. The van der Waals surface area contributed by atoms with E-state index >= 15 is 0 Å². The summed E-state index contributed by atoms with van der Waals surface area (Å²) in [5, 5.41) is 30.7. The summed E-state index contributed by atoms with van der Waals surface area (Å²) in [6, 6.07) is 12.7. The number of pyridine rings is 1. The van der Waals surface area contributed by atoms with Crippen molar-refractivity contribution in [2.45, 2.75) is 75.1 Å². The number of nitrogens with zero attached hydrogens (tertiary/aromatic N) is 4. The zero-order valence-corrected chi connectivity index (χ0v) is 36.3. The van der Waals surface area contributed by atoms with Gasteiger partial charge in [-0.1, -0.05) is 56.8 Å². The number of ether oxygens (including phenoxy) is 4. The number of fused-ring (bicyclic) bond motifs is 2. The van der Waals surface area contributed by atoms with Crippen molar-refractivity contribution in [1.82, 2.24) is 25.5 Å². The van der Waals surface area contributed by atoms with Crippen molar-refractivity contribution in [2.24, 2.45) is 5.41 Å². The van der Waals surface area contributed by atoms with Crippen molar-refractivity contribution in [3.05, 3.63) is 81.6 Å². The number of amides is 3. The number of hydrogen-bond donors (Lipinski definition) is 4. The summed E-state index contributed by atoms with van der Waals surface area (Å²) < 4.78 is 22.5. The number of aliphatic hydroxyl groups is 1. The van der Waals surface area contributed by atoms with Crippen LogP contribution in [0.4, 0.5) is 17.2 Å². The zero-order chi connectivity index (χ0) is 43.7. The van der Waals surface area contributed by atoms with E-state index in [0.717, 1.165) is 32.3 Å². The van der Waals surface area contributed by atoms with Crippen LogP contribution >= 0.6 is 23.1 Å². The van der Waals surface area contributed by atoms with Crippen LogP contribution in [-0.2, 0) is 28.6 Å². The molecule has 19 heteroatoms. The molecule has 326 valence electrons. The Morgan fingerprint density at radius 1 is 0.984 bits per heavy atom. The smallest absolute Gasteiger partial charge is 0.288 e. The van der Waals surface area contributed by atoms with Gasteiger partial charge in [0.15, 0.2) is 0 Å². The number of nitro groups is 1. The second-order valence-electron chi connectivity index (χ2n) is 15.7. The molecular formula is C42H51N7O10S2. The number of rotatable bonds is 19. The average Bonchev–Trinajstić information content (AvgIpc) is 3.85. The molecule has 4 N–H and O–H groups in total. The lowest BCUT2D eigenvalue weighted by molar-refractivity contribution is -0.385. The summed E-state index contributed by atoms with van der Waals surface area (Å²) in [7, 11) is 0. The molecule has 2 aliphatic heterocycles. The van der Waals surface area contributed by atoms with Crippen molar-refractivity contribution < 1.29 is 43.4 Å². The minimum absolute atomic E-state index is 0.0293. The Morgan fingerprint density at radius 3 is 2.36 bits per heavy atom. The Kier molecular flexibility index (Phi) is 15.3. The number of anilines is 2. The number of benzene rings is 2. The number of carbonyl (C=O) groups is 3. The number of carbonyl (C=O) groups excluding carboxylic acids is 3. The van der Waals surface area contributed by atoms with Crippen LogP contribution in [0.1, 0.15) is 51.4 Å². The van der Waals surface area contributed by atoms with Gasteiger partial charge in [-0.25, -0.2) is 9.97 Å². The third kappa shape index (κ3) is 12.0. The van der Waals surface area contributed by atoms with Crippen LogP contribution in [0.2, 0.25) is 0 Å². The highest BCUT2D eigenvalue weighted by molar-refractivity contribution is 7.99. The molecule has 0 bridgehead atoms. The van der Waals surface area contributed by atoms with Crippen molar-refractivity contribution in [2.75, 3.05) is 58.1 Å². The Hall–Kier alpha value is -5.18. The largest absolute Gasteiger partial charge is 0.491 e. The van der Waals surface area contributed by atoms with Gasteiger partial charge in [0.2, 0.25) is 17.7 Å². The topological polar surface area (TPSA) is 217 Å². The first-order valence-electron chi connectivity index (χ1n) is 19.9. The molecule has 0 saturated carbocycles. The molecular weight excluding hydrogens is 827 g/mol. The third-order valence-corrected chi connectivity index (χ3v) is 12.1. The van der Waals surface area contributed by atoms with E-state index in [9.17, 15) is 29.6 Å². The number of thiazole rings is 1. The van der Waals surface area contributed by atoms with E-state index in [1.807, 2.05) is 82.6 Å². The molecule has 4 aromatic rings. The van der Waals surface area contributed by atoms with Gasteiger partial charge < -0.3 is 44.9 Å². The molecule has 0 radical (unpaired) electrons. The molecule has 4 heterocycles. The maximum absolute atomic E-state index is 14.0. The van der Waals surface area contributed by atoms with Gasteiger partial charge in [-0.15, -0.1) is 11.3 Å². The quantitative estimate of drug-likeness (QED) is 0.0463. The van der Waals surface area contributed by atoms with Crippen LogP contribution < -0.4 is 20.7 Å². The second kappa shape index (κ2) is 20.6. The fraction of sp³-hybridized carbons (Fsp3) is 0.452. The lowest BCUT2D eigenvalue weighted by Crippen LogP contribution is -2.58. The summed E-state index contributed by atoms with van der Waals surface area (Å²) in [5.74, 6) is -0.146. The summed E-state index contributed by atoms with van der Waals surface area (Å²) in [6.07, 6.45) is 0.422. The molecule has 17 nitrogen and oxygen atoms in total. The molecule has 0 aliphatic carbocycles. The number of aromatic nitrogens is 2. The van der Waals surface area contributed by atoms with Gasteiger partial charge in [-0.05, 0) is 48.6 Å². The molecule has 2 aromatic heterocycles. The van der Waals surface area contributed by atoms with Gasteiger partial charge in [-0.2, -0.15) is 0 Å². The monoisotopic (exact) mass is 877 g/mol. The highest BCUT2D eigenvalue weighted by Gasteiger charge is 2.44. The summed E-state index contributed by atoms with van der Waals surface area (Å²) in [6.45, 7) is 10.5. The van der Waals surface area contributed by atoms with E-state index < -0.39 is 40.3 Å². The standard InChI is InChI=1S/C42H51N7O10S2/c1-25(27-6-8-28(9-7-27)37-26(2)44-24-60-37)45-40(52)33-19-30(50)22-48(33)41(53)38(42(3,4)5)47-36(51)23-58-15-14-56-12-13-57-16-17-59-31-10-11-32-34(20-31)61-35-18-29(49(54)55)21-43-39(35)46-32/h6-11,18,20-21,24-25,30,33,38,50H,12-17,19,22-23H2,1-5H3,(H,43,46)(H,45,52)(H,47,51)/t25-,30+,33-,38+/m0/s1. The molecule has 6 rings (SSSR count). The SMILES string of the molecule is Cc1ncsc1-c1ccc([C@H](C)NC(=O)[C@@H]2C[C@@H](O)CN2C(=O)[C@@H](NC(=O)COCCOCCOCCOc2ccc3c(c2)Sc2cc([N+](=O)[O-])cnc2N3)C(C)(C)C)cc1. The van der Waals surface area contributed by atoms with Gasteiger partial charge >= 0.3 is 0 Å². The predicted molar refractivity (Wildman–Crippen MR) is 229 cm³/mol. The normalized spacial score (nSPS) is 16.8. The Labute approximate surface area is 362 Å². The van der Waals surface area contributed by atoms with E-state index in [4.69, 9.17) is 18.9 Å². The fourth-order valence-corrected chi connectivity index (χ4v) is 8.61. The van der Waals surface area contributed by atoms with Crippen LogP contribution in [0.25, 0.3) is 10.4 Å². The second-order valence-corrected chi connectivity index (χ2v) is 17.6. The molecule has 4 atom stereocenters. The number of aliphatic hydroxyl groups excluding tert-OH is 1. The van der Waals surface area contributed by atoms with Gasteiger partial charge in [-0.3, -0.25) is 24.5 Å². The number of nitrogens with one attached hydrogen (secondary N) is 3. The van der Waals surface area contributed by atoms with Crippen molar-refractivity contribution in [1.29, 1.82) is 0 Å². The molecule has 0 spiro atoms. The maximum Gasteiger partial charge on any atom is 0.288 e. The Morgan fingerprint density at radius 2 is 1.69 bits per heavy atom. The molecule has 3 amide bonds. The van der Waals surface area contributed by atoms with Gasteiger partial charge in [0.05, 0.1) is 76.8 Å². The van der Waals surface area contributed by atoms with Crippen LogP contribution in [-0.4, -0.2) is 114 Å². The van der Waals surface area contributed by atoms with E-state index in [1.54, 1.807) is 11.3 Å². The average molecular weight is 878 g/mol. The number of β-amino-alcohol motifs (C(OH)–C–C–N with tert-alkyl or cyclic N) is 1. The van der Waals surface area contributed by atoms with Crippen molar-refractivity contribution in [3.63, 3.8) is 0 Å². The Balaban J connectivity index is 0.865. The highest BCUT2D eigenvalue weighted by Crippen LogP contribution is 2.45.